The number of rotatable bonds is 7. The summed E-state index contributed by atoms with van der Waals surface area (Å²) in [7, 11) is 0. The Hall–Kier alpha value is -1.42. The van der Waals surface area contributed by atoms with E-state index in [0.717, 1.165) is 31.6 Å². The number of hydrogen-bond acceptors (Lipinski definition) is 3. The Morgan fingerprint density at radius 2 is 2.24 bits per heavy atom. The van der Waals surface area contributed by atoms with Gasteiger partial charge in [0.1, 0.15) is 0 Å². The van der Waals surface area contributed by atoms with Crippen LogP contribution in [0.25, 0.3) is 0 Å². The number of nitrogens with one attached hydrogen (secondary N) is 2. The summed E-state index contributed by atoms with van der Waals surface area (Å²) in [5, 5.41) is 6.05. The molecule has 0 spiro atoms. The highest BCUT2D eigenvalue weighted by molar-refractivity contribution is 5.81. The number of carbonyl (C=O) groups is 1. The van der Waals surface area contributed by atoms with Crippen molar-refractivity contribution in [2.75, 3.05) is 13.1 Å². The largest absolute Gasteiger partial charge is 0.355 e. The van der Waals surface area contributed by atoms with Crippen LogP contribution in [-0.2, 0) is 11.2 Å². The number of hydrogen-bond donors (Lipinski definition) is 2. The van der Waals surface area contributed by atoms with Gasteiger partial charge < -0.3 is 10.6 Å². The van der Waals surface area contributed by atoms with Crippen molar-refractivity contribution >= 4 is 5.91 Å². The van der Waals surface area contributed by atoms with Gasteiger partial charge in [0.25, 0.3) is 0 Å². The summed E-state index contributed by atoms with van der Waals surface area (Å²) < 4.78 is 0. The smallest absolute Gasteiger partial charge is 0.236 e. The van der Waals surface area contributed by atoms with Gasteiger partial charge in [-0.15, -0.1) is 0 Å². The zero-order valence-electron chi connectivity index (χ0n) is 10.6. The van der Waals surface area contributed by atoms with E-state index in [2.05, 4.69) is 15.6 Å². The van der Waals surface area contributed by atoms with Gasteiger partial charge >= 0.3 is 0 Å². The van der Waals surface area contributed by atoms with Crippen LogP contribution in [0.4, 0.5) is 0 Å². The summed E-state index contributed by atoms with van der Waals surface area (Å²) in [5.74, 6) is 0.0628. The molecule has 1 rings (SSSR count). The van der Waals surface area contributed by atoms with E-state index in [4.69, 9.17) is 0 Å². The van der Waals surface area contributed by atoms with E-state index >= 15 is 0 Å². The maximum atomic E-state index is 11.6. The quantitative estimate of drug-likeness (QED) is 0.745. The van der Waals surface area contributed by atoms with Crippen LogP contribution in [0.5, 0.6) is 0 Å². The van der Waals surface area contributed by atoms with Crippen molar-refractivity contribution in [1.82, 2.24) is 15.6 Å². The first-order chi connectivity index (χ1) is 8.24. The fourth-order valence-corrected chi connectivity index (χ4v) is 1.46. The topological polar surface area (TPSA) is 54.0 Å². The SMILES string of the molecule is CCCNC(=O)C(C)NCCc1ccccn1. The predicted molar refractivity (Wildman–Crippen MR) is 68.7 cm³/mol. The van der Waals surface area contributed by atoms with Crippen LogP contribution in [0, 0.1) is 0 Å². The molecular weight excluding hydrogens is 214 g/mol. The van der Waals surface area contributed by atoms with Crippen molar-refractivity contribution in [2.45, 2.75) is 32.7 Å². The highest BCUT2D eigenvalue weighted by Gasteiger charge is 2.10. The van der Waals surface area contributed by atoms with Crippen LogP contribution in [0.15, 0.2) is 24.4 Å². The molecule has 2 N–H and O–H groups in total. The van der Waals surface area contributed by atoms with Crippen LogP contribution in [0.2, 0.25) is 0 Å². The fourth-order valence-electron chi connectivity index (χ4n) is 1.46. The zero-order chi connectivity index (χ0) is 12.5. The van der Waals surface area contributed by atoms with Crippen molar-refractivity contribution < 1.29 is 4.79 Å². The van der Waals surface area contributed by atoms with E-state index in [1.807, 2.05) is 32.0 Å². The molecule has 1 aromatic heterocycles. The maximum Gasteiger partial charge on any atom is 0.236 e. The Labute approximate surface area is 103 Å². The first-order valence-corrected chi connectivity index (χ1v) is 6.15. The lowest BCUT2D eigenvalue weighted by Gasteiger charge is -2.13. The van der Waals surface area contributed by atoms with Crippen LogP contribution in [-0.4, -0.2) is 30.0 Å². The first kappa shape index (κ1) is 13.6. The molecule has 1 heterocycles. The average Bonchev–Trinajstić information content (AvgIpc) is 2.37. The molecule has 1 amide bonds. The molecule has 0 saturated heterocycles. The summed E-state index contributed by atoms with van der Waals surface area (Å²) in [6.45, 7) is 5.42. The molecule has 0 aliphatic rings. The molecule has 17 heavy (non-hydrogen) atoms. The molecule has 0 fully saturated rings. The molecule has 0 aromatic carbocycles. The molecule has 1 aromatic rings. The Balaban J connectivity index is 2.20. The van der Waals surface area contributed by atoms with Gasteiger partial charge in [0.05, 0.1) is 6.04 Å². The van der Waals surface area contributed by atoms with E-state index in [9.17, 15) is 4.79 Å². The number of pyridine rings is 1. The summed E-state index contributed by atoms with van der Waals surface area (Å²) in [6, 6.07) is 5.71. The van der Waals surface area contributed by atoms with Crippen molar-refractivity contribution in [3.63, 3.8) is 0 Å². The van der Waals surface area contributed by atoms with Crippen LogP contribution in [0.1, 0.15) is 26.0 Å². The summed E-state index contributed by atoms with van der Waals surface area (Å²) >= 11 is 0. The molecule has 1 unspecified atom stereocenters. The van der Waals surface area contributed by atoms with Gasteiger partial charge in [0.2, 0.25) is 5.91 Å². The monoisotopic (exact) mass is 235 g/mol. The van der Waals surface area contributed by atoms with Crippen LogP contribution in [0.3, 0.4) is 0 Å². The molecule has 4 nitrogen and oxygen atoms in total. The summed E-state index contributed by atoms with van der Waals surface area (Å²) in [6.07, 6.45) is 3.59. The Morgan fingerprint density at radius 1 is 1.41 bits per heavy atom. The van der Waals surface area contributed by atoms with Crippen LogP contribution < -0.4 is 10.6 Å². The van der Waals surface area contributed by atoms with Gasteiger partial charge in [-0.25, -0.2) is 0 Å². The third kappa shape index (κ3) is 5.45. The summed E-state index contributed by atoms with van der Waals surface area (Å²) in [5.41, 5.74) is 1.04. The number of nitrogens with zero attached hydrogens (tertiary/aromatic N) is 1. The molecule has 0 saturated carbocycles. The van der Waals surface area contributed by atoms with Gasteiger partial charge in [-0.2, -0.15) is 0 Å². The van der Waals surface area contributed by atoms with E-state index in [1.54, 1.807) is 6.20 Å². The molecule has 94 valence electrons. The average molecular weight is 235 g/mol. The van der Waals surface area contributed by atoms with Crippen molar-refractivity contribution in [2.24, 2.45) is 0 Å². The molecule has 4 heteroatoms. The van der Waals surface area contributed by atoms with Crippen molar-refractivity contribution in [3.05, 3.63) is 30.1 Å². The van der Waals surface area contributed by atoms with Crippen molar-refractivity contribution in [1.29, 1.82) is 0 Å². The minimum Gasteiger partial charge on any atom is -0.355 e. The highest BCUT2D eigenvalue weighted by Crippen LogP contribution is 1.93. The minimum atomic E-state index is -0.148. The first-order valence-electron chi connectivity index (χ1n) is 6.15. The molecule has 0 aliphatic heterocycles. The van der Waals surface area contributed by atoms with E-state index in [1.165, 1.54) is 0 Å². The number of amides is 1. The zero-order valence-corrected chi connectivity index (χ0v) is 10.6. The second kappa shape index (κ2) is 7.79. The molecule has 0 radical (unpaired) electrons. The number of carbonyl (C=O) groups excluding carboxylic acids is 1. The van der Waals surface area contributed by atoms with Gasteiger partial charge in [-0.1, -0.05) is 13.0 Å². The lowest BCUT2D eigenvalue weighted by molar-refractivity contribution is -0.122. The Morgan fingerprint density at radius 3 is 2.88 bits per heavy atom. The third-order valence-electron chi connectivity index (χ3n) is 2.50. The van der Waals surface area contributed by atoms with E-state index in [0.29, 0.717) is 0 Å². The van der Waals surface area contributed by atoms with Gasteiger partial charge in [0.15, 0.2) is 0 Å². The Kier molecular flexibility index (Phi) is 6.25. The second-order valence-corrected chi connectivity index (χ2v) is 4.04. The van der Waals surface area contributed by atoms with Gasteiger partial charge in [0, 0.05) is 31.4 Å². The highest BCUT2D eigenvalue weighted by atomic mass is 16.2. The molecule has 1 atom stereocenters. The van der Waals surface area contributed by atoms with Crippen molar-refractivity contribution in [3.8, 4) is 0 Å². The lowest BCUT2D eigenvalue weighted by atomic mass is 10.2. The van der Waals surface area contributed by atoms with E-state index in [-0.39, 0.29) is 11.9 Å². The predicted octanol–water partition coefficient (Wildman–Crippen LogP) is 1.13. The second-order valence-electron chi connectivity index (χ2n) is 4.04. The van der Waals surface area contributed by atoms with Gasteiger partial charge in [-0.05, 0) is 25.5 Å². The molecular formula is C13H21N3O. The Bertz CT molecular complexity index is 327. The standard InChI is InChI=1S/C13H21N3O/c1-3-8-16-13(17)11(2)14-10-7-12-6-4-5-9-15-12/h4-6,9,11,14H,3,7-8,10H2,1-2H3,(H,16,17). The van der Waals surface area contributed by atoms with Gasteiger partial charge in [-0.3, -0.25) is 9.78 Å². The fraction of sp³-hybridized carbons (Fsp3) is 0.538. The lowest BCUT2D eigenvalue weighted by Crippen LogP contribution is -2.43. The third-order valence-corrected chi connectivity index (χ3v) is 2.50. The van der Waals surface area contributed by atoms with Crippen LogP contribution >= 0.6 is 0 Å². The summed E-state index contributed by atoms with van der Waals surface area (Å²) in [4.78, 5) is 15.8. The maximum absolute atomic E-state index is 11.6. The molecule has 0 aliphatic carbocycles. The number of aromatic nitrogens is 1. The molecule has 0 bridgehead atoms. The van der Waals surface area contributed by atoms with E-state index < -0.39 is 0 Å². The normalized spacial score (nSPS) is 12.1. The minimum absolute atomic E-state index is 0.0628.